The van der Waals surface area contributed by atoms with Crippen molar-refractivity contribution in [3.63, 3.8) is 0 Å². The minimum atomic E-state index is -1.69. The van der Waals surface area contributed by atoms with Gasteiger partial charge in [0.05, 0.1) is 6.10 Å². The number of nitrogens with zero attached hydrogens (tertiary/aromatic N) is 1. The SMILES string of the molecule is C[C@@H](O)[C@@H]1NC(=O)[C@H](CCCCNC(=O)OC(C)(C)C)NC(=O)[C@@H](Cc2c[nH]c3ccccc23)NC(=O)[C@H](Cc2ccc(O)cc2)NC(=O)[C@H](CCC(=O)O)N(C)C(=O)[C@H](Cc2ccccc2)NC1=O. The molecule has 7 atom stereocenters. The number of H-pyrrole nitrogens is 1. The van der Waals surface area contributed by atoms with Crippen molar-refractivity contribution in [2.24, 2.45) is 0 Å². The minimum absolute atomic E-state index is 0.0490. The molecule has 1 saturated heterocycles. The molecule has 376 valence electrons. The lowest BCUT2D eigenvalue weighted by molar-refractivity contribution is -0.145. The summed E-state index contributed by atoms with van der Waals surface area (Å²) >= 11 is 0. The number of carboxylic acids is 1. The molecule has 1 aliphatic rings. The molecular formula is C50H64N8O12. The Kier molecular flexibility index (Phi) is 18.9. The number of fused-ring (bicyclic) bond motifs is 1. The molecule has 0 saturated carbocycles. The van der Waals surface area contributed by atoms with E-state index in [2.05, 4.69) is 36.9 Å². The van der Waals surface area contributed by atoms with Crippen LogP contribution in [0.3, 0.4) is 0 Å². The maximum absolute atomic E-state index is 14.7. The summed E-state index contributed by atoms with van der Waals surface area (Å²) in [4.78, 5) is 116. The van der Waals surface area contributed by atoms with E-state index in [1.165, 1.54) is 38.2 Å². The number of benzene rings is 3. The molecule has 0 radical (unpaired) electrons. The second-order valence-corrected chi connectivity index (χ2v) is 18.4. The van der Waals surface area contributed by atoms with Crippen molar-refractivity contribution in [2.75, 3.05) is 13.6 Å². The Labute approximate surface area is 405 Å². The molecule has 1 fully saturated rings. The van der Waals surface area contributed by atoms with Gasteiger partial charge in [-0.2, -0.15) is 0 Å². The number of nitrogens with one attached hydrogen (secondary N) is 7. The summed E-state index contributed by atoms with van der Waals surface area (Å²) in [7, 11) is 1.26. The molecule has 5 rings (SSSR count). The van der Waals surface area contributed by atoms with Crippen molar-refractivity contribution < 1.29 is 58.4 Å². The number of hydrogen-bond donors (Lipinski definition) is 10. The van der Waals surface area contributed by atoms with Crippen LogP contribution in [0.2, 0.25) is 0 Å². The fraction of sp³-hybridized carbons (Fsp3) is 0.440. The van der Waals surface area contributed by atoms with Crippen molar-refractivity contribution in [3.8, 4) is 5.75 Å². The number of ether oxygens (including phenoxy) is 1. The summed E-state index contributed by atoms with van der Waals surface area (Å²) in [5.41, 5.74) is 1.65. The highest BCUT2D eigenvalue weighted by Crippen LogP contribution is 2.21. The Hall–Kier alpha value is -7.48. The lowest BCUT2D eigenvalue weighted by Gasteiger charge is -2.33. The van der Waals surface area contributed by atoms with E-state index in [1.807, 2.05) is 18.2 Å². The smallest absolute Gasteiger partial charge is 0.407 e. The third kappa shape index (κ3) is 15.8. The van der Waals surface area contributed by atoms with Gasteiger partial charge in [0.1, 0.15) is 47.6 Å². The van der Waals surface area contributed by atoms with Crippen molar-refractivity contribution in [1.29, 1.82) is 0 Å². The number of carbonyl (C=O) groups excluding carboxylic acids is 7. The number of phenolic OH excluding ortho intramolecular Hbond substituents is 1. The normalized spacial score (nSPS) is 21.5. The Balaban J connectivity index is 1.59. The Morgan fingerprint density at radius 2 is 1.27 bits per heavy atom. The lowest BCUT2D eigenvalue weighted by Crippen LogP contribution is -2.63. The van der Waals surface area contributed by atoms with Crippen molar-refractivity contribution in [1.82, 2.24) is 41.8 Å². The van der Waals surface area contributed by atoms with Gasteiger partial charge in [-0.25, -0.2) is 4.79 Å². The number of phenols is 1. The van der Waals surface area contributed by atoms with Crippen LogP contribution in [0.1, 0.15) is 76.5 Å². The molecule has 7 amide bonds. The fourth-order valence-electron chi connectivity index (χ4n) is 8.00. The third-order valence-electron chi connectivity index (χ3n) is 11.7. The van der Waals surface area contributed by atoms with Crippen LogP contribution in [0.25, 0.3) is 10.9 Å². The third-order valence-corrected chi connectivity index (χ3v) is 11.7. The second-order valence-electron chi connectivity index (χ2n) is 18.4. The van der Waals surface area contributed by atoms with Gasteiger partial charge in [-0.05, 0) is 88.3 Å². The molecular weight excluding hydrogens is 905 g/mol. The molecule has 2 heterocycles. The predicted molar refractivity (Wildman–Crippen MR) is 257 cm³/mol. The number of alkyl carbamates (subject to hydrolysis) is 1. The van der Waals surface area contributed by atoms with Gasteiger partial charge >= 0.3 is 12.1 Å². The zero-order valence-electron chi connectivity index (χ0n) is 40.0. The van der Waals surface area contributed by atoms with E-state index >= 15 is 0 Å². The number of amides is 7. The van der Waals surface area contributed by atoms with Crippen molar-refractivity contribution in [3.05, 3.63) is 102 Å². The zero-order valence-corrected chi connectivity index (χ0v) is 40.0. The van der Waals surface area contributed by atoms with Crippen LogP contribution >= 0.6 is 0 Å². The average Bonchev–Trinajstić information content (AvgIpc) is 3.71. The van der Waals surface area contributed by atoms with Crippen molar-refractivity contribution in [2.45, 2.75) is 127 Å². The summed E-state index contributed by atoms with van der Waals surface area (Å²) in [6.45, 7) is 6.55. The first-order valence-electron chi connectivity index (χ1n) is 23.2. The van der Waals surface area contributed by atoms with Crippen LogP contribution in [-0.2, 0) is 57.6 Å². The van der Waals surface area contributed by atoms with Gasteiger partial charge in [0.2, 0.25) is 35.4 Å². The zero-order chi connectivity index (χ0) is 51.1. The van der Waals surface area contributed by atoms with Gasteiger partial charge in [0, 0.05) is 56.4 Å². The number of aliphatic hydroxyl groups excluding tert-OH is 1. The second kappa shape index (κ2) is 24.7. The number of carbonyl (C=O) groups is 8. The summed E-state index contributed by atoms with van der Waals surface area (Å²) in [5.74, 6) is -6.65. The highest BCUT2D eigenvalue weighted by atomic mass is 16.6. The van der Waals surface area contributed by atoms with E-state index in [9.17, 15) is 53.7 Å². The molecule has 4 aromatic rings. The van der Waals surface area contributed by atoms with Crippen LogP contribution in [0.15, 0.2) is 85.1 Å². The van der Waals surface area contributed by atoms with Gasteiger partial charge in [-0.3, -0.25) is 33.6 Å². The monoisotopic (exact) mass is 968 g/mol. The quantitative estimate of drug-likeness (QED) is 0.0767. The van der Waals surface area contributed by atoms with Crippen LogP contribution in [0, 0.1) is 0 Å². The largest absolute Gasteiger partial charge is 0.508 e. The maximum atomic E-state index is 14.7. The number of unbranched alkanes of at least 4 members (excludes halogenated alkanes) is 1. The summed E-state index contributed by atoms with van der Waals surface area (Å²) in [5, 5.41) is 47.5. The summed E-state index contributed by atoms with van der Waals surface area (Å²) < 4.78 is 5.31. The number of hydrogen-bond acceptors (Lipinski definition) is 11. The van der Waals surface area contributed by atoms with Crippen LogP contribution in [-0.4, -0.2) is 134 Å². The van der Waals surface area contributed by atoms with Gasteiger partial charge in [0.15, 0.2) is 0 Å². The first-order chi connectivity index (χ1) is 33.2. The molecule has 70 heavy (non-hydrogen) atoms. The molecule has 1 aliphatic heterocycles. The number of aliphatic carboxylic acids is 1. The highest BCUT2D eigenvalue weighted by Gasteiger charge is 2.38. The van der Waals surface area contributed by atoms with Crippen molar-refractivity contribution >= 4 is 58.4 Å². The number of carboxylic acid groups (broad SMARTS) is 1. The van der Waals surface area contributed by atoms with Gasteiger partial charge in [-0.1, -0.05) is 60.7 Å². The van der Waals surface area contributed by atoms with E-state index in [1.54, 1.807) is 63.4 Å². The minimum Gasteiger partial charge on any atom is -0.508 e. The van der Waals surface area contributed by atoms with Crippen LogP contribution < -0.4 is 31.9 Å². The molecule has 0 aliphatic carbocycles. The van der Waals surface area contributed by atoms with Crippen LogP contribution in [0.5, 0.6) is 5.75 Å². The lowest BCUT2D eigenvalue weighted by atomic mass is 9.99. The van der Waals surface area contributed by atoms with Gasteiger partial charge in [0.25, 0.3) is 0 Å². The fourth-order valence-corrected chi connectivity index (χ4v) is 8.00. The topological polar surface area (TPSA) is 298 Å². The standard InChI is InChI=1S/C50H64N8O12/c1-29(59)42-47(67)56-39(26-30-13-7-6-8-14-30)48(68)58(5)40(22-23-41(61)62)46(66)55-37(25-31-18-20-33(60)21-19-31)44(64)54-38(27-32-28-52-35-16-10-9-15-34(32)35)45(65)53-36(43(63)57-42)17-11-12-24-51-49(69)70-50(2,3)4/h6-10,13-16,18-21,28-29,36-40,42,52,59-60H,11-12,17,22-27H2,1-5H3,(H,51,69)(H,53,65)(H,54,64)(H,55,66)(H,56,67)(H,57,63)(H,61,62)/t29-,36+,37+,38-,39+,40+,42+/m1/s1. The highest BCUT2D eigenvalue weighted by molar-refractivity contribution is 5.99. The molecule has 20 nitrogen and oxygen atoms in total. The molecule has 10 N–H and O–H groups in total. The average molecular weight is 969 g/mol. The number of aromatic nitrogens is 1. The summed E-state index contributed by atoms with van der Waals surface area (Å²) in [6, 6.07) is 12.7. The number of aliphatic hydroxyl groups is 1. The number of likely N-dealkylation sites (N-methyl/N-ethyl adjacent to an activating group) is 1. The van der Waals surface area contributed by atoms with E-state index in [4.69, 9.17) is 4.74 Å². The Morgan fingerprint density at radius 1 is 0.700 bits per heavy atom. The molecule has 0 spiro atoms. The molecule has 3 aromatic carbocycles. The van der Waals surface area contributed by atoms with E-state index in [-0.39, 0.29) is 44.4 Å². The molecule has 1 aromatic heterocycles. The first kappa shape index (κ1) is 53.5. The number of aromatic hydroxyl groups is 1. The van der Waals surface area contributed by atoms with E-state index in [0.29, 0.717) is 23.1 Å². The van der Waals surface area contributed by atoms with Gasteiger partial charge < -0.3 is 61.8 Å². The van der Waals surface area contributed by atoms with E-state index < -0.39 is 108 Å². The molecule has 20 heteroatoms. The number of para-hydroxylation sites is 1. The predicted octanol–water partition coefficient (Wildman–Crippen LogP) is 2.11. The molecule has 0 bridgehead atoms. The first-order valence-corrected chi connectivity index (χ1v) is 23.2. The summed E-state index contributed by atoms with van der Waals surface area (Å²) in [6.07, 6.45) is -1.48. The number of rotatable bonds is 15. The molecule has 0 unspecified atom stereocenters. The van der Waals surface area contributed by atoms with Gasteiger partial charge in [-0.15, -0.1) is 0 Å². The Morgan fingerprint density at radius 3 is 1.93 bits per heavy atom. The van der Waals surface area contributed by atoms with Crippen LogP contribution in [0.4, 0.5) is 4.79 Å². The Bertz CT molecular complexity index is 2470. The maximum Gasteiger partial charge on any atom is 0.407 e. The number of aromatic amines is 1. The van der Waals surface area contributed by atoms with E-state index in [0.717, 1.165) is 15.8 Å².